The highest BCUT2D eigenvalue weighted by Gasteiger charge is 2.37. The lowest BCUT2D eigenvalue weighted by Gasteiger charge is -2.39. The van der Waals surface area contributed by atoms with E-state index in [1.54, 1.807) is 0 Å². The number of benzene rings is 4. The van der Waals surface area contributed by atoms with Crippen LogP contribution >= 0.6 is 0 Å². The first-order valence-corrected chi connectivity index (χ1v) is 11.0. The van der Waals surface area contributed by atoms with E-state index in [1.807, 2.05) is 48.5 Å². The van der Waals surface area contributed by atoms with Crippen molar-refractivity contribution < 1.29 is 9.84 Å². The third kappa shape index (κ3) is 4.97. The summed E-state index contributed by atoms with van der Waals surface area (Å²) in [5.74, 6) is 0. The molecule has 2 N–H and O–H groups in total. The number of aliphatic hydroxyl groups excluding tert-OH is 1. The summed E-state index contributed by atoms with van der Waals surface area (Å²) < 4.78 is 6.00. The Morgan fingerprint density at radius 1 is 0.625 bits per heavy atom. The Balaban J connectivity index is 1.70. The minimum atomic E-state index is -0.632. The second kappa shape index (κ2) is 10.9. The lowest BCUT2D eigenvalue weighted by Crippen LogP contribution is -2.52. The molecular formula is C29H29NO2. The highest BCUT2D eigenvalue weighted by atomic mass is 16.5. The van der Waals surface area contributed by atoms with Crippen LogP contribution in [0.2, 0.25) is 0 Å². The Morgan fingerprint density at radius 3 is 1.44 bits per heavy atom. The van der Waals surface area contributed by atoms with Gasteiger partial charge in [-0.05, 0) is 22.3 Å². The molecule has 0 unspecified atom stereocenters. The minimum Gasteiger partial charge on any atom is -0.395 e. The maximum absolute atomic E-state index is 10.3. The van der Waals surface area contributed by atoms with E-state index >= 15 is 0 Å². The fourth-order valence-corrected chi connectivity index (χ4v) is 4.15. The zero-order valence-electron chi connectivity index (χ0n) is 18.1. The van der Waals surface area contributed by atoms with Crippen molar-refractivity contribution in [3.8, 4) is 0 Å². The molecule has 3 heteroatoms. The SMILES string of the molecule is OC[C@H](COCc1ccccc1)NC(c1ccccc1)(c1ccccc1)c1ccccc1. The maximum atomic E-state index is 10.3. The Morgan fingerprint density at radius 2 is 1.03 bits per heavy atom. The van der Waals surface area contributed by atoms with Crippen LogP contribution in [0.3, 0.4) is 0 Å². The van der Waals surface area contributed by atoms with Gasteiger partial charge in [0.2, 0.25) is 0 Å². The molecule has 0 aromatic heterocycles. The number of rotatable bonds is 10. The van der Waals surface area contributed by atoms with Gasteiger partial charge >= 0.3 is 0 Å². The summed E-state index contributed by atoms with van der Waals surface area (Å²) in [6, 6.07) is 41.0. The molecular weight excluding hydrogens is 394 g/mol. The van der Waals surface area contributed by atoms with Crippen molar-refractivity contribution in [3.05, 3.63) is 144 Å². The topological polar surface area (TPSA) is 41.5 Å². The molecule has 4 aromatic carbocycles. The predicted octanol–water partition coefficient (Wildman–Crippen LogP) is 5.15. The molecule has 0 saturated heterocycles. The van der Waals surface area contributed by atoms with Crippen LogP contribution in [0.5, 0.6) is 0 Å². The van der Waals surface area contributed by atoms with Crippen molar-refractivity contribution in [2.24, 2.45) is 0 Å². The monoisotopic (exact) mass is 423 g/mol. The number of hydrogen-bond donors (Lipinski definition) is 2. The molecule has 4 rings (SSSR count). The Labute approximate surface area is 190 Å². The molecule has 0 heterocycles. The van der Waals surface area contributed by atoms with Gasteiger partial charge in [0, 0.05) is 0 Å². The molecule has 0 aliphatic carbocycles. The highest BCUT2D eigenvalue weighted by Crippen LogP contribution is 2.37. The second-order valence-electron chi connectivity index (χ2n) is 7.87. The summed E-state index contributed by atoms with van der Waals surface area (Å²) in [5.41, 5.74) is 3.81. The third-order valence-electron chi connectivity index (χ3n) is 5.69. The van der Waals surface area contributed by atoms with Gasteiger partial charge < -0.3 is 9.84 Å². The van der Waals surface area contributed by atoms with E-state index in [0.717, 1.165) is 22.3 Å². The summed E-state index contributed by atoms with van der Waals surface area (Å²) in [7, 11) is 0. The van der Waals surface area contributed by atoms with Gasteiger partial charge in [-0.15, -0.1) is 0 Å². The first-order chi connectivity index (χ1) is 15.8. The molecule has 32 heavy (non-hydrogen) atoms. The molecule has 0 bridgehead atoms. The highest BCUT2D eigenvalue weighted by molar-refractivity contribution is 5.49. The zero-order valence-corrected chi connectivity index (χ0v) is 18.1. The predicted molar refractivity (Wildman–Crippen MR) is 129 cm³/mol. The van der Waals surface area contributed by atoms with Gasteiger partial charge in [0.05, 0.1) is 31.4 Å². The fourth-order valence-electron chi connectivity index (χ4n) is 4.15. The molecule has 0 spiro atoms. The largest absolute Gasteiger partial charge is 0.395 e. The Kier molecular flexibility index (Phi) is 7.47. The molecule has 0 saturated carbocycles. The Bertz CT molecular complexity index is 957. The van der Waals surface area contributed by atoms with Gasteiger partial charge in [-0.2, -0.15) is 0 Å². The minimum absolute atomic E-state index is 0.0387. The molecule has 0 fully saturated rings. The smallest absolute Gasteiger partial charge is 0.0951 e. The summed E-state index contributed by atoms with van der Waals surface area (Å²) in [5, 5.41) is 14.1. The number of ether oxygens (including phenoxy) is 1. The molecule has 0 radical (unpaired) electrons. The van der Waals surface area contributed by atoms with Crippen LogP contribution in [-0.4, -0.2) is 24.4 Å². The first kappa shape index (κ1) is 22.0. The van der Waals surface area contributed by atoms with Gasteiger partial charge in [-0.1, -0.05) is 121 Å². The van der Waals surface area contributed by atoms with Crippen molar-refractivity contribution in [2.45, 2.75) is 18.2 Å². The molecule has 3 nitrogen and oxygen atoms in total. The van der Waals surface area contributed by atoms with Crippen LogP contribution in [0.25, 0.3) is 0 Å². The van der Waals surface area contributed by atoms with E-state index in [-0.39, 0.29) is 12.6 Å². The molecule has 4 aromatic rings. The van der Waals surface area contributed by atoms with E-state index in [4.69, 9.17) is 4.74 Å². The normalized spacial score (nSPS) is 12.4. The first-order valence-electron chi connectivity index (χ1n) is 11.0. The molecule has 0 aliphatic heterocycles. The number of nitrogens with one attached hydrogen (secondary N) is 1. The van der Waals surface area contributed by atoms with Crippen LogP contribution in [0.1, 0.15) is 22.3 Å². The lowest BCUT2D eigenvalue weighted by molar-refractivity contribution is 0.0710. The third-order valence-corrected chi connectivity index (χ3v) is 5.69. The number of aliphatic hydroxyl groups is 1. The van der Waals surface area contributed by atoms with Gasteiger partial charge in [0.25, 0.3) is 0 Å². The van der Waals surface area contributed by atoms with Crippen molar-refractivity contribution >= 4 is 0 Å². The van der Waals surface area contributed by atoms with E-state index in [0.29, 0.717) is 13.2 Å². The quantitative estimate of drug-likeness (QED) is 0.347. The lowest BCUT2D eigenvalue weighted by atomic mass is 9.76. The average Bonchev–Trinajstić information content (AvgIpc) is 2.88. The van der Waals surface area contributed by atoms with E-state index in [2.05, 4.69) is 78.1 Å². The van der Waals surface area contributed by atoms with Crippen molar-refractivity contribution in [2.75, 3.05) is 13.2 Å². The second-order valence-corrected chi connectivity index (χ2v) is 7.87. The van der Waals surface area contributed by atoms with E-state index in [1.165, 1.54) is 0 Å². The maximum Gasteiger partial charge on any atom is 0.0951 e. The van der Waals surface area contributed by atoms with Crippen LogP contribution in [0.15, 0.2) is 121 Å². The van der Waals surface area contributed by atoms with Gasteiger partial charge in [0.1, 0.15) is 0 Å². The van der Waals surface area contributed by atoms with Crippen LogP contribution in [0.4, 0.5) is 0 Å². The number of hydrogen-bond acceptors (Lipinski definition) is 3. The standard InChI is InChI=1S/C29H29NO2/c31-21-28(23-32-22-24-13-5-1-6-14-24)30-29(25-15-7-2-8-16-25,26-17-9-3-10-18-26)27-19-11-4-12-20-27/h1-20,28,30-31H,21-23H2/t28-/m1/s1. The van der Waals surface area contributed by atoms with Gasteiger partial charge in [-0.3, -0.25) is 5.32 Å². The zero-order chi connectivity index (χ0) is 22.1. The average molecular weight is 424 g/mol. The fraction of sp³-hybridized carbons (Fsp3) is 0.172. The van der Waals surface area contributed by atoms with Crippen molar-refractivity contribution in [1.29, 1.82) is 0 Å². The molecule has 162 valence electrons. The van der Waals surface area contributed by atoms with Crippen molar-refractivity contribution in [3.63, 3.8) is 0 Å². The van der Waals surface area contributed by atoms with Crippen molar-refractivity contribution in [1.82, 2.24) is 5.32 Å². The molecule has 0 aliphatic rings. The van der Waals surface area contributed by atoms with Crippen LogP contribution in [-0.2, 0) is 16.9 Å². The summed E-state index contributed by atoms with van der Waals surface area (Å²) in [6.07, 6.45) is 0. The summed E-state index contributed by atoms with van der Waals surface area (Å²) in [6.45, 7) is 0.858. The van der Waals surface area contributed by atoms with Gasteiger partial charge in [-0.25, -0.2) is 0 Å². The van der Waals surface area contributed by atoms with Crippen LogP contribution < -0.4 is 5.32 Å². The Hall–Kier alpha value is -3.24. The summed E-state index contributed by atoms with van der Waals surface area (Å²) in [4.78, 5) is 0. The van der Waals surface area contributed by atoms with Crippen LogP contribution in [0, 0.1) is 0 Å². The van der Waals surface area contributed by atoms with Gasteiger partial charge in [0.15, 0.2) is 0 Å². The van der Waals surface area contributed by atoms with E-state index in [9.17, 15) is 5.11 Å². The van der Waals surface area contributed by atoms with E-state index < -0.39 is 5.54 Å². The molecule has 0 amide bonds. The summed E-state index contributed by atoms with van der Waals surface area (Å²) >= 11 is 0. The molecule has 1 atom stereocenters.